The van der Waals surface area contributed by atoms with Crippen LogP contribution in [0.15, 0.2) is 17.3 Å². The fourth-order valence-corrected chi connectivity index (χ4v) is 5.09. The number of aliphatic imine (C=N–C) groups is 1. The zero-order valence-corrected chi connectivity index (χ0v) is 13.1. The van der Waals surface area contributed by atoms with Gasteiger partial charge >= 0.3 is 8.41 Å². The maximum atomic E-state index is 15.2. The molecule has 0 aliphatic carbocycles. The highest BCUT2D eigenvalue weighted by Gasteiger charge is 2.54. The van der Waals surface area contributed by atoms with Gasteiger partial charge in [0.15, 0.2) is 0 Å². The Morgan fingerprint density at radius 2 is 1.53 bits per heavy atom. The van der Waals surface area contributed by atoms with Gasteiger partial charge in [0, 0.05) is 18.5 Å². The first-order chi connectivity index (χ1) is 7.56. The predicted molar refractivity (Wildman–Crippen MR) is 77.4 cm³/mol. The summed E-state index contributed by atoms with van der Waals surface area (Å²) in [6, 6.07) is 0. The maximum Gasteiger partial charge on any atom is 0.333 e. The van der Waals surface area contributed by atoms with Crippen LogP contribution in [0.1, 0.15) is 48.5 Å². The molecule has 1 nitrogen and oxygen atoms in total. The maximum absolute atomic E-state index is 15.2. The van der Waals surface area contributed by atoms with Crippen molar-refractivity contribution >= 4 is 14.6 Å². The molecule has 96 valence electrons. The summed E-state index contributed by atoms with van der Waals surface area (Å²) in [6.07, 6.45) is 4.87. The molecule has 0 saturated heterocycles. The summed E-state index contributed by atoms with van der Waals surface area (Å²) < 4.78 is 15.2. The van der Waals surface area contributed by atoms with Gasteiger partial charge in [0.05, 0.1) is 0 Å². The Morgan fingerprint density at radius 1 is 1.06 bits per heavy atom. The minimum absolute atomic E-state index is 0.389. The summed E-state index contributed by atoms with van der Waals surface area (Å²) in [6.45, 7) is 13.5. The molecule has 3 heteroatoms. The summed E-state index contributed by atoms with van der Waals surface area (Å²) in [5, 5.41) is -0.778. The van der Waals surface area contributed by atoms with Crippen LogP contribution < -0.4 is 0 Å². The number of allylic oxidation sites excluding steroid dienone is 1. The van der Waals surface area contributed by atoms with Gasteiger partial charge in [-0.15, -0.1) is 0 Å². The van der Waals surface area contributed by atoms with Crippen LogP contribution in [0.5, 0.6) is 0 Å². The van der Waals surface area contributed by atoms with Crippen LogP contribution in [0.2, 0.25) is 10.1 Å². The number of hydrogen-bond acceptors (Lipinski definition) is 1. The van der Waals surface area contributed by atoms with Gasteiger partial charge in [0.25, 0.3) is 0 Å². The normalized spacial score (nSPS) is 14.1. The van der Waals surface area contributed by atoms with Crippen LogP contribution in [0.4, 0.5) is 4.11 Å². The van der Waals surface area contributed by atoms with Crippen molar-refractivity contribution in [3.63, 3.8) is 0 Å². The van der Waals surface area contributed by atoms with Crippen LogP contribution in [-0.4, -0.2) is 14.6 Å². The van der Waals surface area contributed by atoms with E-state index in [9.17, 15) is 0 Å². The Balaban J connectivity index is 5.26. The molecule has 0 aliphatic rings. The molecule has 0 heterocycles. The standard InChI is InChI=1S/C14H24FNSi/c1-8-16-11-9-10-12-17(15,13(2,3)4)14(5,6)7/h8-9,11H,1-7H3/b11-9+,16-8-. The Bertz CT molecular complexity index is 344. The molecule has 0 spiro atoms. The lowest BCUT2D eigenvalue weighted by molar-refractivity contribution is 0.537. The Kier molecular flexibility index (Phi) is 5.34. The van der Waals surface area contributed by atoms with Crippen LogP contribution in [-0.2, 0) is 0 Å². The van der Waals surface area contributed by atoms with E-state index in [1.165, 1.54) is 0 Å². The second-order valence-electron chi connectivity index (χ2n) is 6.15. The van der Waals surface area contributed by atoms with Gasteiger partial charge < -0.3 is 0 Å². The second-order valence-corrected chi connectivity index (χ2v) is 10.7. The molecule has 0 aromatic heterocycles. The topological polar surface area (TPSA) is 12.4 Å². The van der Waals surface area contributed by atoms with Crippen molar-refractivity contribution in [2.45, 2.75) is 58.5 Å². The zero-order valence-electron chi connectivity index (χ0n) is 12.1. The smallest absolute Gasteiger partial charge is 0.296 e. The second kappa shape index (κ2) is 5.64. The SMILES string of the molecule is C/C=N\C=C\C#C[Si](F)(C(C)(C)C)C(C)(C)C. The molecule has 0 fully saturated rings. The lowest BCUT2D eigenvalue weighted by Crippen LogP contribution is -2.46. The summed E-state index contributed by atoms with van der Waals surface area (Å²) >= 11 is 0. The first-order valence-corrected chi connectivity index (χ1v) is 7.78. The van der Waals surface area contributed by atoms with Crippen molar-refractivity contribution in [1.82, 2.24) is 0 Å². The minimum Gasteiger partial charge on any atom is -0.296 e. The van der Waals surface area contributed by atoms with Crippen molar-refractivity contribution in [2.75, 3.05) is 0 Å². The summed E-state index contributed by atoms with van der Waals surface area (Å²) in [5.41, 5.74) is 2.90. The first-order valence-electron chi connectivity index (χ1n) is 5.90. The molecule has 0 aliphatic heterocycles. The molecular formula is C14H24FNSi. The van der Waals surface area contributed by atoms with E-state index in [0.29, 0.717) is 0 Å². The largest absolute Gasteiger partial charge is 0.333 e. The molecule has 0 rings (SSSR count). The summed E-state index contributed by atoms with van der Waals surface area (Å²) in [5.74, 6) is 2.82. The molecule has 0 atom stereocenters. The molecule has 0 radical (unpaired) electrons. The van der Waals surface area contributed by atoms with Gasteiger partial charge in [-0.3, -0.25) is 9.10 Å². The Labute approximate surface area is 106 Å². The number of nitrogens with zero attached hydrogens (tertiary/aromatic N) is 1. The molecule has 0 amide bonds. The van der Waals surface area contributed by atoms with Crippen LogP contribution in [0, 0.1) is 11.5 Å². The van der Waals surface area contributed by atoms with Crippen molar-refractivity contribution in [1.29, 1.82) is 0 Å². The van der Waals surface area contributed by atoms with Crippen LogP contribution >= 0.6 is 0 Å². The quantitative estimate of drug-likeness (QED) is 0.279. The number of halogens is 1. The molecule has 0 aromatic rings. The monoisotopic (exact) mass is 253 g/mol. The van der Waals surface area contributed by atoms with Gasteiger partial charge in [-0.1, -0.05) is 53.0 Å². The van der Waals surface area contributed by atoms with E-state index in [1.807, 2.05) is 48.5 Å². The van der Waals surface area contributed by atoms with Crippen molar-refractivity contribution in [2.24, 2.45) is 4.99 Å². The van der Waals surface area contributed by atoms with Crippen LogP contribution in [0.25, 0.3) is 0 Å². The number of rotatable bonds is 1. The van der Waals surface area contributed by atoms with E-state index < -0.39 is 8.41 Å². The third-order valence-corrected chi connectivity index (χ3v) is 7.33. The van der Waals surface area contributed by atoms with Gasteiger partial charge in [0.2, 0.25) is 0 Å². The molecular weight excluding hydrogens is 229 g/mol. The Hall–Kier alpha value is -0.883. The third kappa shape index (κ3) is 4.12. The first kappa shape index (κ1) is 16.1. The molecule has 0 bridgehead atoms. The average Bonchev–Trinajstić information content (AvgIpc) is 2.13. The lowest BCUT2D eigenvalue weighted by Gasteiger charge is -2.40. The van der Waals surface area contributed by atoms with Gasteiger partial charge in [-0.2, -0.15) is 0 Å². The van der Waals surface area contributed by atoms with E-state index in [0.717, 1.165) is 0 Å². The van der Waals surface area contributed by atoms with Gasteiger partial charge in [-0.25, -0.2) is 0 Å². The summed E-state index contributed by atoms with van der Waals surface area (Å²) in [4.78, 5) is 3.90. The fraction of sp³-hybridized carbons (Fsp3) is 0.643. The Morgan fingerprint density at radius 3 is 1.88 bits per heavy atom. The van der Waals surface area contributed by atoms with Crippen LogP contribution in [0.3, 0.4) is 0 Å². The van der Waals surface area contributed by atoms with E-state index in [-0.39, 0.29) is 10.1 Å². The highest BCUT2D eigenvalue weighted by atomic mass is 28.4. The summed E-state index contributed by atoms with van der Waals surface area (Å²) in [7, 11) is -3.18. The molecule has 0 saturated carbocycles. The van der Waals surface area contributed by atoms with Crippen molar-refractivity contribution in [3.05, 3.63) is 12.3 Å². The highest BCUT2D eigenvalue weighted by Crippen LogP contribution is 2.51. The van der Waals surface area contributed by atoms with E-state index >= 15 is 4.11 Å². The average molecular weight is 253 g/mol. The minimum atomic E-state index is -3.18. The number of hydrogen-bond donors (Lipinski definition) is 0. The molecule has 17 heavy (non-hydrogen) atoms. The van der Waals surface area contributed by atoms with Crippen molar-refractivity contribution < 1.29 is 4.11 Å². The zero-order chi connectivity index (χ0) is 13.7. The van der Waals surface area contributed by atoms with E-state index in [1.54, 1.807) is 18.5 Å². The highest BCUT2D eigenvalue weighted by molar-refractivity contribution is 6.86. The fourth-order valence-electron chi connectivity index (χ4n) is 1.81. The van der Waals surface area contributed by atoms with E-state index in [2.05, 4.69) is 16.5 Å². The third-order valence-electron chi connectivity index (χ3n) is 2.70. The molecule has 0 N–H and O–H groups in total. The lowest BCUT2D eigenvalue weighted by atomic mass is 10.2. The predicted octanol–water partition coefficient (Wildman–Crippen LogP) is 4.65. The van der Waals surface area contributed by atoms with E-state index in [4.69, 9.17) is 0 Å². The molecule has 0 aromatic carbocycles. The van der Waals surface area contributed by atoms with Crippen molar-refractivity contribution in [3.8, 4) is 11.5 Å². The molecule has 0 unspecified atom stereocenters. The van der Waals surface area contributed by atoms with Gasteiger partial charge in [-0.05, 0) is 17.0 Å². The van der Waals surface area contributed by atoms with Gasteiger partial charge in [0.1, 0.15) is 0 Å².